The van der Waals surface area contributed by atoms with Gasteiger partial charge in [0.25, 0.3) is 0 Å². The molecule has 8 nitrogen and oxygen atoms in total. The number of guanidine groups is 1. The summed E-state index contributed by atoms with van der Waals surface area (Å²) in [6.45, 7) is 2.79. The lowest BCUT2D eigenvalue weighted by Crippen LogP contribution is -2.44. The predicted octanol–water partition coefficient (Wildman–Crippen LogP) is 1.17. The Hall–Kier alpha value is -2.19. The van der Waals surface area contributed by atoms with Crippen LogP contribution < -0.4 is 24.8 Å². The van der Waals surface area contributed by atoms with Crippen molar-refractivity contribution in [3.8, 4) is 17.2 Å². The molecule has 1 aromatic rings. The van der Waals surface area contributed by atoms with E-state index in [2.05, 4.69) is 15.6 Å². The molecule has 3 N–H and O–H groups in total. The smallest absolute Gasteiger partial charge is 0.203 e. The van der Waals surface area contributed by atoms with E-state index in [0.29, 0.717) is 49.3 Å². The molecule has 1 aliphatic heterocycles. The van der Waals surface area contributed by atoms with Gasteiger partial charge in [-0.25, -0.2) is 0 Å². The molecule has 8 heteroatoms. The molecule has 1 aromatic carbocycles. The Balaban J connectivity index is 1.99. The van der Waals surface area contributed by atoms with Crippen LogP contribution in [0.5, 0.6) is 17.2 Å². The van der Waals surface area contributed by atoms with Gasteiger partial charge in [0.05, 0.1) is 27.9 Å². The van der Waals surface area contributed by atoms with E-state index < -0.39 is 0 Å². The molecule has 152 valence electrons. The van der Waals surface area contributed by atoms with Gasteiger partial charge in [-0.3, -0.25) is 4.99 Å². The monoisotopic (exact) mass is 381 g/mol. The van der Waals surface area contributed by atoms with Crippen LogP contribution >= 0.6 is 0 Å². The maximum absolute atomic E-state index is 9.34. The number of nitrogens with zero attached hydrogens (tertiary/aromatic N) is 1. The molecule has 27 heavy (non-hydrogen) atoms. The van der Waals surface area contributed by atoms with E-state index in [1.54, 1.807) is 28.4 Å². The minimum Gasteiger partial charge on any atom is -0.493 e. The molecule has 1 atom stereocenters. The number of methoxy groups -OCH3 is 3. The van der Waals surface area contributed by atoms with Crippen molar-refractivity contribution in [3.05, 3.63) is 17.7 Å². The molecule has 0 amide bonds. The second kappa shape index (κ2) is 10.2. The maximum Gasteiger partial charge on any atom is 0.203 e. The van der Waals surface area contributed by atoms with Gasteiger partial charge in [-0.1, -0.05) is 0 Å². The van der Waals surface area contributed by atoms with Crippen molar-refractivity contribution >= 4 is 5.96 Å². The predicted molar refractivity (Wildman–Crippen MR) is 104 cm³/mol. The van der Waals surface area contributed by atoms with E-state index in [9.17, 15) is 5.11 Å². The zero-order valence-electron chi connectivity index (χ0n) is 16.6. The first-order chi connectivity index (χ1) is 13.1. The number of rotatable bonds is 9. The summed E-state index contributed by atoms with van der Waals surface area (Å²) >= 11 is 0. The van der Waals surface area contributed by atoms with Crippen LogP contribution in [-0.4, -0.2) is 65.8 Å². The fourth-order valence-corrected chi connectivity index (χ4v) is 3.23. The van der Waals surface area contributed by atoms with E-state index >= 15 is 0 Å². The Bertz CT molecular complexity index is 605. The zero-order valence-corrected chi connectivity index (χ0v) is 16.6. The normalized spacial score (nSPS) is 19.7. The molecule has 1 heterocycles. The average Bonchev–Trinajstić information content (AvgIpc) is 3.16. The number of aliphatic hydroxyl groups is 1. The number of benzene rings is 1. The highest BCUT2D eigenvalue weighted by Gasteiger charge is 2.34. The zero-order chi connectivity index (χ0) is 19.7. The lowest BCUT2D eigenvalue weighted by Gasteiger charge is -2.27. The fourth-order valence-electron chi connectivity index (χ4n) is 3.23. The van der Waals surface area contributed by atoms with Crippen molar-refractivity contribution in [2.75, 3.05) is 54.7 Å². The minimum atomic E-state index is -0.0427. The SMILES string of the molecule is CN=C(NCc1cc(OC)c(OC)c(OC)c1)NCC1(CCO)CCOC1. The summed E-state index contributed by atoms with van der Waals surface area (Å²) < 4.78 is 21.7. The Morgan fingerprint density at radius 2 is 1.89 bits per heavy atom. The lowest BCUT2D eigenvalue weighted by molar-refractivity contribution is 0.127. The second-order valence-corrected chi connectivity index (χ2v) is 6.59. The molecule has 2 rings (SSSR count). The van der Waals surface area contributed by atoms with E-state index in [1.807, 2.05) is 12.1 Å². The fraction of sp³-hybridized carbons (Fsp3) is 0.632. The second-order valence-electron chi connectivity index (χ2n) is 6.59. The van der Waals surface area contributed by atoms with Crippen LogP contribution in [0.15, 0.2) is 17.1 Å². The first-order valence-electron chi connectivity index (χ1n) is 9.03. The quantitative estimate of drug-likeness (QED) is 0.437. The molecule has 0 radical (unpaired) electrons. The first kappa shape index (κ1) is 21.1. The van der Waals surface area contributed by atoms with Gasteiger partial charge in [0.2, 0.25) is 5.75 Å². The third kappa shape index (κ3) is 5.40. The highest BCUT2D eigenvalue weighted by molar-refractivity contribution is 5.79. The van der Waals surface area contributed by atoms with E-state index in [1.165, 1.54) is 0 Å². The largest absolute Gasteiger partial charge is 0.493 e. The van der Waals surface area contributed by atoms with Crippen LogP contribution in [0.1, 0.15) is 18.4 Å². The van der Waals surface area contributed by atoms with Crippen LogP contribution in [0.3, 0.4) is 0 Å². The molecule has 0 saturated carbocycles. The van der Waals surface area contributed by atoms with Gasteiger partial charge in [0.15, 0.2) is 17.5 Å². The van der Waals surface area contributed by atoms with Gasteiger partial charge in [-0.05, 0) is 30.5 Å². The van der Waals surface area contributed by atoms with Crippen LogP contribution in [-0.2, 0) is 11.3 Å². The van der Waals surface area contributed by atoms with Crippen molar-refractivity contribution in [2.45, 2.75) is 19.4 Å². The van der Waals surface area contributed by atoms with Gasteiger partial charge < -0.3 is 34.7 Å². The first-order valence-corrected chi connectivity index (χ1v) is 9.03. The number of nitrogens with one attached hydrogen (secondary N) is 2. The molecule has 0 aromatic heterocycles. The Kier molecular flexibility index (Phi) is 7.99. The summed E-state index contributed by atoms with van der Waals surface area (Å²) in [4.78, 5) is 4.28. The lowest BCUT2D eigenvalue weighted by atomic mass is 9.84. The van der Waals surface area contributed by atoms with E-state index in [4.69, 9.17) is 18.9 Å². The average molecular weight is 381 g/mol. The van der Waals surface area contributed by atoms with Crippen molar-refractivity contribution in [1.82, 2.24) is 10.6 Å². The van der Waals surface area contributed by atoms with Crippen molar-refractivity contribution in [1.29, 1.82) is 0 Å². The highest BCUT2D eigenvalue weighted by Crippen LogP contribution is 2.38. The van der Waals surface area contributed by atoms with E-state index in [-0.39, 0.29) is 12.0 Å². The Morgan fingerprint density at radius 3 is 2.37 bits per heavy atom. The van der Waals surface area contributed by atoms with Crippen LogP contribution in [0, 0.1) is 5.41 Å². The van der Waals surface area contributed by atoms with Gasteiger partial charge in [-0.15, -0.1) is 0 Å². The molecular formula is C19H31N3O5. The molecule has 1 unspecified atom stereocenters. The summed E-state index contributed by atoms with van der Waals surface area (Å²) in [6, 6.07) is 3.80. The number of hydrogen-bond donors (Lipinski definition) is 3. The van der Waals surface area contributed by atoms with Gasteiger partial charge in [-0.2, -0.15) is 0 Å². The van der Waals surface area contributed by atoms with Crippen LogP contribution in [0.25, 0.3) is 0 Å². The number of aliphatic hydroxyl groups excluding tert-OH is 1. The molecule has 1 aliphatic rings. The van der Waals surface area contributed by atoms with Crippen molar-refractivity contribution in [2.24, 2.45) is 10.4 Å². The summed E-state index contributed by atoms with van der Waals surface area (Å²) in [5.74, 6) is 2.48. The van der Waals surface area contributed by atoms with Gasteiger partial charge in [0, 0.05) is 38.8 Å². The van der Waals surface area contributed by atoms with Crippen LogP contribution in [0.2, 0.25) is 0 Å². The van der Waals surface area contributed by atoms with E-state index in [0.717, 1.165) is 18.6 Å². The van der Waals surface area contributed by atoms with Gasteiger partial charge in [0.1, 0.15) is 0 Å². The minimum absolute atomic E-state index is 0.0427. The third-order valence-electron chi connectivity index (χ3n) is 4.87. The van der Waals surface area contributed by atoms with Gasteiger partial charge >= 0.3 is 0 Å². The summed E-state index contributed by atoms with van der Waals surface area (Å²) in [7, 11) is 6.51. The summed E-state index contributed by atoms with van der Waals surface area (Å²) in [6.07, 6.45) is 1.65. The number of ether oxygens (including phenoxy) is 4. The summed E-state index contributed by atoms with van der Waals surface area (Å²) in [5, 5.41) is 16.0. The Labute approximate surface area is 160 Å². The highest BCUT2D eigenvalue weighted by atomic mass is 16.5. The number of aliphatic imine (C=N–C) groups is 1. The Morgan fingerprint density at radius 1 is 1.19 bits per heavy atom. The maximum atomic E-state index is 9.34. The topological polar surface area (TPSA) is 93.6 Å². The summed E-state index contributed by atoms with van der Waals surface area (Å²) in [5.41, 5.74) is 0.931. The van der Waals surface area contributed by atoms with Crippen LogP contribution in [0.4, 0.5) is 0 Å². The molecular weight excluding hydrogens is 350 g/mol. The molecule has 0 spiro atoms. The third-order valence-corrected chi connectivity index (χ3v) is 4.87. The molecule has 1 saturated heterocycles. The van der Waals surface area contributed by atoms with Crippen molar-refractivity contribution in [3.63, 3.8) is 0 Å². The van der Waals surface area contributed by atoms with Crippen molar-refractivity contribution < 1.29 is 24.1 Å². The molecule has 0 aliphatic carbocycles. The molecule has 0 bridgehead atoms. The molecule has 1 fully saturated rings. The number of hydrogen-bond acceptors (Lipinski definition) is 6. The standard InChI is InChI=1S/C19H31N3O5/c1-20-18(22-12-19(5-7-23)6-8-27-13-19)21-11-14-9-15(24-2)17(26-4)16(10-14)25-3/h9-10,23H,5-8,11-13H2,1-4H3,(H2,20,21,22).